The van der Waals surface area contributed by atoms with Crippen molar-refractivity contribution in [2.45, 2.75) is 13.2 Å². The lowest BCUT2D eigenvalue weighted by atomic mass is 10.2. The molecule has 1 aromatic carbocycles. The molecule has 4 heteroatoms. The lowest BCUT2D eigenvalue weighted by molar-refractivity contribution is 0.280. The highest BCUT2D eigenvalue weighted by atomic mass is 79.9. The molecule has 84 valence electrons. The van der Waals surface area contributed by atoms with Gasteiger partial charge in [0, 0.05) is 4.88 Å². The highest BCUT2D eigenvalue weighted by molar-refractivity contribution is 9.10. The third kappa shape index (κ3) is 2.84. The summed E-state index contributed by atoms with van der Waals surface area (Å²) in [6, 6.07) is 9.63. The predicted octanol–water partition coefficient (Wildman–Crippen LogP) is 3.58. The van der Waals surface area contributed by atoms with Crippen LogP contribution in [0.15, 0.2) is 40.2 Å². The van der Waals surface area contributed by atoms with Crippen molar-refractivity contribution < 1.29 is 9.84 Å². The largest absolute Gasteiger partial charge is 0.487 e. The standard InChI is InChI=1S/C12H11BrO2S/c13-11-6-9(7-14)3-4-12(11)15-8-10-2-1-5-16-10/h1-6,14H,7-8H2. The zero-order valence-electron chi connectivity index (χ0n) is 8.52. The molecule has 0 unspecified atom stereocenters. The molecule has 0 aliphatic rings. The number of rotatable bonds is 4. The molecule has 16 heavy (non-hydrogen) atoms. The van der Waals surface area contributed by atoms with Gasteiger partial charge in [-0.05, 0) is 45.1 Å². The fourth-order valence-electron chi connectivity index (χ4n) is 1.30. The van der Waals surface area contributed by atoms with Gasteiger partial charge < -0.3 is 9.84 Å². The van der Waals surface area contributed by atoms with Gasteiger partial charge in [-0.3, -0.25) is 0 Å². The van der Waals surface area contributed by atoms with Crippen LogP contribution in [0.2, 0.25) is 0 Å². The van der Waals surface area contributed by atoms with Crippen LogP contribution in [0.1, 0.15) is 10.4 Å². The molecule has 0 spiro atoms. The van der Waals surface area contributed by atoms with Gasteiger partial charge in [0.1, 0.15) is 12.4 Å². The van der Waals surface area contributed by atoms with Gasteiger partial charge in [-0.1, -0.05) is 12.1 Å². The summed E-state index contributed by atoms with van der Waals surface area (Å²) in [5.74, 6) is 0.797. The van der Waals surface area contributed by atoms with Crippen molar-refractivity contribution in [1.82, 2.24) is 0 Å². The summed E-state index contributed by atoms with van der Waals surface area (Å²) in [5.41, 5.74) is 0.871. The van der Waals surface area contributed by atoms with Crippen LogP contribution in [-0.2, 0) is 13.2 Å². The van der Waals surface area contributed by atoms with Crippen molar-refractivity contribution in [2.24, 2.45) is 0 Å². The van der Waals surface area contributed by atoms with Crippen LogP contribution < -0.4 is 4.74 Å². The smallest absolute Gasteiger partial charge is 0.134 e. The first-order valence-electron chi connectivity index (χ1n) is 4.84. The molecule has 2 aromatic rings. The Bertz CT molecular complexity index is 454. The summed E-state index contributed by atoms with van der Waals surface area (Å²) >= 11 is 5.09. The summed E-state index contributed by atoms with van der Waals surface area (Å²) in [7, 11) is 0. The van der Waals surface area contributed by atoms with Gasteiger partial charge in [0.2, 0.25) is 0 Å². The molecule has 0 amide bonds. The van der Waals surface area contributed by atoms with Crippen molar-refractivity contribution in [3.63, 3.8) is 0 Å². The second kappa shape index (κ2) is 5.48. The summed E-state index contributed by atoms with van der Waals surface area (Å²) in [6.07, 6.45) is 0. The zero-order valence-corrected chi connectivity index (χ0v) is 10.9. The van der Waals surface area contributed by atoms with Crippen LogP contribution in [0.4, 0.5) is 0 Å². The first kappa shape index (κ1) is 11.6. The Balaban J connectivity index is 2.04. The van der Waals surface area contributed by atoms with Crippen LogP contribution >= 0.6 is 27.3 Å². The number of hydrogen-bond donors (Lipinski definition) is 1. The van der Waals surface area contributed by atoms with E-state index in [2.05, 4.69) is 15.9 Å². The number of ether oxygens (including phenoxy) is 1. The van der Waals surface area contributed by atoms with E-state index in [1.54, 1.807) is 11.3 Å². The van der Waals surface area contributed by atoms with E-state index in [9.17, 15) is 0 Å². The Morgan fingerprint density at radius 1 is 1.31 bits per heavy atom. The maximum Gasteiger partial charge on any atom is 0.134 e. The van der Waals surface area contributed by atoms with Gasteiger partial charge in [-0.2, -0.15) is 0 Å². The number of thiophene rings is 1. The second-order valence-corrected chi connectivity index (χ2v) is 5.18. The minimum atomic E-state index is 0.0454. The minimum absolute atomic E-state index is 0.0454. The third-order valence-corrected chi connectivity index (χ3v) is 3.60. The van der Waals surface area contributed by atoms with E-state index in [0.717, 1.165) is 15.8 Å². The van der Waals surface area contributed by atoms with Crippen molar-refractivity contribution in [3.8, 4) is 5.75 Å². The van der Waals surface area contributed by atoms with Gasteiger partial charge in [0.05, 0.1) is 11.1 Å². The molecule has 0 aliphatic heterocycles. The van der Waals surface area contributed by atoms with E-state index >= 15 is 0 Å². The summed E-state index contributed by atoms with van der Waals surface area (Å²) in [6.45, 7) is 0.624. The molecule has 0 radical (unpaired) electrons. The second-order valence-electron chi connectivity index (χ2n) is 3.29. The number of hydrogen-bond acceptors (Lipinski definition) is 3. The van der Waals surface area contributed by atoms with E-state index in [4.69, 9.17) is 9.84 Å². The fourth-order valence-corrected chi connectivity index (χ4v) is 2.46. The van der Waals surface area contributed by atoms with Gasteiger partial charge in [-0.25, -0.2) is 0 Å². The van der Waals surface area contributed by atoms with Crippen LogP contribution in [0.25, 0.3) is 0 Å². The monoisotopic (exact) mass is 298 g/mol. The van der Waals surface area contributed by atoms with Gasteiger partial charge in [-0.15, -0.1) is 11.3 Å². The van der Waals surface area contributed by atoms with Gasteiger partial charge in [0.15, 0.2) is 0 Å². The Morgan fingerprint density at radius 2 is 2.19 bits per heavy atom. The Hall–Kier alpha value is -0.840. The molecule has 0 fully saturated rings. The first-order valence-corrected chi connectivity index (χ1v) is 6.51. The average Bonchev–Trinajstić information content (AvgIpc) is 2.80. The highest BCUT2D eigenvalue weighted by Crippen LogP contribution is 2.27. The Labute approximate surface area is 107 Å². The molecule has 2 rings (SSSR count). The van der Waals surface area contributed by atoms with Gasteiger partial charge in [0.25, 0.3) is 0 Å². The SMILES string of the molecule is OCc1ccc(OCc2cccs2)c(Br)c1. The molecular formula is C12H11BrO2S. The summed E-state index contributed by atoms with van der Waals surface area (Å²) < 4.78 is 6.53. The van der Waals surface area contributed by atoms with Crippen molar-refractivity contribution >= 4 is 27.3 Å². The Kier molecular flexibility index (Phi) is 3.98. The third-order valence-electron chi connectivity index (χ3n) is 2.13. The molecule has 0 saturated carbocycles. The van der Waals surface area contributed by atoms with Gasteiger partial charge >= 0.3 is 0 Å². The molecule has 2 nitrogen and oxygen atoms in total. The minimum Gasteiger partial charge on any atom is -0.487 e. The number of benzene rings is 1. The molecular weight excluding hydrogens is 288 g/mol. The molecule has 1 aromatic heterocycles. The lowest BCUT2D eigenvalue weighted by Crippen LogP contribution is -1.94. The topological polar surface area (TPSA) is 29.5 Å². The fraction of sp³-hybridized carbons (Fsp3) is 0.167. The zero-order chi connectivity index (χ0) is 11.4. The van der Waals surface area contributed by atoms with E-state index in [1.807, 2.05) is 35.7 Å². The highest BCUT2D eigenvalue weighted by Gasteiger charge is 2.03. The molecule has 0 bridgehead atoms. The summed E-state index contributed by atoms with van der Waals surface area (Å²) in [5, 5.41) is 11.0. The average molecular weight is 299 g/mol. The van der Waals surface area contributed by atoms with E-state index in [1.165, 1.54) is 4.88 Å². The molecule has 0 aliphatic carbocycles. The molecule has 1 N–H and O–H groups in total. The molecule has 0 atom stereocenters. The Morgan fingerprint density at radius 3 is 2.81 bits per heavy atom. The van der Waals surface area contributed by atoms with Crippen molar-refractivity contribution in [2.75, 3.05) is 0 Å². The number of halogens is 1. The van der Waals surface area contributed by atoms with E-state index in [0.29, 0.717) is 6.61 Å². The quantitative estimate of drug-likeness (QED) is 0.935. The molecule has 1 heterocycles. The van der Waals surface area contributed by atoms with Crippen LogP contribution in [0.3, 0.4) is 0 Å². The maximum absolute atomic E-state index is 8.97. The number of aliphatic hydroxyl groups is 1. The van der Waals surface area contributed by atoms with E-state index < -0.39 is 0 Å². The summed E-state index contributed by atoms with van der Waals surface area (Å²) in [4.78, 5) is 1.19. The van der Waals surface area contributed by atoms with Crippen LogP contribution in [0, 0.1) is 0 Å². The van der Waals surface area contributed by atoms with Crippen molar-refractivity contribution in [1.29, 1.82) is 0 Å². The van der Waals surface area contributed by atoms with Crippen molar-refractivity contribution in [3.05, 3.63) is 50.6 Å². The van der Waals surface area contributed by atoms with Crippen LogP contribution in [0.5, 0.6) is 5.75 Å². The molecule has 0 saturated heterocycles. The van der Waals surface area contributed by atoms with Crippen LogP contribution in [-0.4, -0.2) is 5.11 Å². The first-order chi connectivity index (χ1) is 7.79. The predicted molar refractivity (Wildman–Crippen MR) is 68.7 cm³/mol. The lowest BCUT2D eigenvalue weighted by Gasteiger charge is -2.07. The normalized spacial score (nSPS) is 10.4. The number of aliphatic hydroxyl groups excluding tert-OH is 1. The maximum atomic E-state index is 8.97. The van der Waals surface area contributed by atoms with E-state index in [-0.39, 0.29) is 6.61 Å².